The lowest BCUT2D eigenvalue weighted by Gasteiger charge is -2.19. The van der Waals surface area contributed by atoms with Gasteiger partial charge < -0.3 is 5.32 Å². The minimum Gasteiger partial charge on any atom is -0.369 e. The number of benzene rings is 1. The SMILES string of the molecule is Cc1ccc(C2SCCNc3c2c(-c2ccccn2)nn3C)c(C)c1. The van der Waals surface area contributed by atoms with Crippen LogP contribution in [0.5, 0.6) is 0 Å². The minimum absolute atomic E-state index is 0.260. The number of nitrogens with zero attached hydrogens (tertiary/aromatic N) is 3. The maximum absolute atomic E-state index is 4.81. The standard InChI is InChI=1S/C20H22N4S/c1-13-7-8-15(14(2)12-13)19-17-18(16-6-4-5-9-21-16)23-24(3)20(17)22-10-11-25-19/h4-9,12,19,22H,10-11H2,1-3H3. The Hall–Kier alpha value is -2.27. The van der Waals surface area contributed by atoms with Crippen molar-refractivity contribution < 1.29 is 0 Å². The van der Waals surface area contributed by atoms with E-state index in [1.54, 1.807) is 0 Å². The highest BCUT2D eigenvalue weighted by molar-refractivity contribution is 7.99. The second-order valence-electron chi connectivity index (χ2n) is 6.49. The van der Waals surface area contributed by atoms with Crippen molar-refractivity contribution >= 4 is 17.6 Å². The number of anilines is 1. The second kappa shape index (κ2) is 6.56. The van der Waals surface area contributed by atoms with Gasteiger partial charge in [-0.05, 0) is 37.1 Å². The molecule has 1 unspecified atom stereocenters. The van der Waals surface area contributed by atoms with E-state index in [4.69, 9.17) is 5.10 Å². The molecule has 1 atom stereocenters. The van der Waals surface area contributed by atoms with Gasteiger partial charge in [0.05, 0.1) is 10.9 Å². The normalized spacial score (nSPS) is 16.8. The van der Waals surface area contributed by atoms with Gasteiger partial charge in [-0.2, -0.15) is 5.10 Å². The first-order valence-electron chi connectivity index (χ1n) is 8.56. The second-order valence-corrected chi connectivity index (χ2v) is 7.70. The first-order valence-corrected chi connectivity index (χ1v) is 9.61. The van der Waals surface area contributed by atoms with Gasteiger partial charge in [-0.15, -0.1) is 11.8 Å². The van der Waals surface area contributed by atoms with E-state index < -0.39 is 0 Å². The molecule has 1 aromatic carbocycles. The van der Waals surface area contributed by atoms with E-state index >= 15 is 0 Å². The zero-order valence-electron chi connectivity index (χ0n) is 14.8. The maximum Gasteiger partial charge on any atom is 0.129 e. The molecule has 0 aliphatic carbocycles. The summed E-state index contributed by atoms with van der Waals surface area (Å²) in [6.45, 7) is 5.30. The van der Waals surface area contributed by atoms with Gasteiger partial charge in [0.1, 0.15) is 11.5 Å². The Kier molecular flexibility index (Phi) is 4.25. The third kappa shape index (κ3) is 2.93. The fourth-order valence-corrected chi connectivity index (χ4v) is 4.77. The van der Waals surface area contributed by atoms with Gasteiger partial charge in [-0.1, -0.05) is 29.8 Å². The molecule has 25 heavy (non-hydrogen) atoms. The van der Waals surface area contributed by atoms with E-state index in [0.717, 1.165) is 29.5 Å². The lowest BCUT2D eigenvalue weighted by atomic mass is 9.97. The lowest BCUT2D eigenvalue weighted by molar-refractivity contribution is 0.773. The fraction of sp³-hybridized carbons (Fsp3) is 0.300. The summed E-state index contributed by atoms with van der Waals surface area (Å²) in [5.74, 6) is 2.17. The van der Waals surface area contributed by atoms with Crippen LogP contribution in [0.2, 0.25) is 0 Å². The number of hydrogen-bond donors (Lipinski definition) is 1. The summed E-state index contributed by atoms with van der Waals surface area (Å²) < 4.78 is 1.96. The molecule has 0 radical (unpaired) electrons. The molecule has 3 aromatic rings. The molecule has 0 bridgehead atoms. The molecule has 0 saturated carbocycles. The van der Waals surface area contributed by atoms with Crippen molar-refractivity contribution in [2.24, 2.45) is 7.05 Å². The Labute approximate surface area is 152 Å². The number of pyridine rings is 1. The Morgan fingerprint density at radius 2 is 2.08 bits per heavy atom. The van der Waals surface area contributed by atoms with Crippen LogP contribution in [0.4, 0.5) is 5.82 Å². The van der Waals surface area contributed by atoms with Crippen molar-refractivity contribution in [1.29, 1.82) is 0 Å². The van der Waals surface area contributed by atoms with Crippen LogP contribution in [-0.2, 0) is 7.05 Å². The molecule has 4 rings (SSSR count). The Bertz CT molecular complexity index is 902. The highest BCUT2D eigenvalue weighted by Gasteiger charge is 2.30. The van der Waals surface area contributed by atoms with Crippen LogP contribution in [-0.4, -0.2) is 27.1 Å². The van der Waals surface area contributed by atoms with Crippen molar-refractivity contribution in [3.8, 4) is 11.4 Å². The number of aromatic nitrogens is 3. The number of thioether (sulfide) groups is 1. The number of aryl methyl sites for hydroxylation is 3. The molecule has 5 heteroatoms. The average Bonchev–Trinajstić information content (AvgIpc) is 2.79. The third-order valence-corrected chi connectivity index (χ3v) is 5.90. The molecule has 3 heterocycles. The molecule has 0 amide bonds. The fourth-order valence-electron chi connectivity index (χ4n) is 3.48. The Balaban J connectivity index is 1.92. The third-order valence-electron chi connectivity index (χ3n) is 4.64. The highest BCUT2D eigenvalue weighted by Crippen LogP contribution is 2.46. The predicted molar refractivity (Wildman–Crippen MR) is 105 cm³/mol. The smallest absolute Gasteiger partial charge is 0.129 e. The van der Waals surface area contributed by atoms with Crippen LogP contribution in [0.1, 0.15) is 27.5 Å². The average molecular weight is 350 g/mol. The van der Waals surface area contributed by atoms with E-state index in [1.807, 2.05) is 47.9 Å². The largest absolute Gasteiger partial charge is 0.369 e. The zero-order chi connectivity index (χ0) is 17.4. The first-order chi connectivity index (χ1) is 12.1. The highest BCUT2D eigenvalue weighted by atomic mass is 32.2. The Morgan fingerprint density at radius 3 is 2.84 bits per heavy atom. The number of rotatable bonds is 2. The van der Waals surface area contributed by atoms with Crippen LogP contribution in [0, 0.1) is 13.8 Å². The van der Waals surface area contributed by atoms with E-state index in [-0.39, 0.29) is 5.25 Å². The van der Waals surface area contributed by atoms with Crippen molar-refractivity contribution in [3.63, 3.8) is 0 Å². The van der Waals surface area contributed by atoms with Gasteiger partial charge in [0.25, 0.3) is 0 Å². The quantitative estimate of drug-likeness (QED) is 0.746. The van der Waals surface area contributed by atoms with E-state index in [0.29, 0.717) is 0 Å². The molecular formula is C20H22N4S. The van der Waals surface area contributed by atoms with Gasteiger partial charge in [0, 0.05) is 31.1 Å². The van der Waals surface area contributed by atoms with Gasteiger partial charge >= 0.3 is 0 Å². The Morgan fingerprint density at radius 1 is 1.20 bits per heavy atom. The zero-order valence-corrected chi connectivity index (χ0v) is 15.6. The van der Waals surface area contributed by atoms with Crippen LogP contribution in [0.15, 0.2) is 42.6 Å². The summed E-state index contributed by atoms with van der Waals surface area (Å²) in [6.07, 6.45) is 1.83. The molecule has 1 N–H and O–H groups in total. The van der Waals surface area contributed by atoms with Crippen LogP contribution in [0.25, 0.3) is 11.4 Å². The summed E-state index contributed by atoms with van der Waals surface area (Å²) >= 11 is 1.98. The molecule has 2 aromatic heterocycles. The topological polar surface area (TPSA) is 42.7 Å². The predicted octanol–water partition coefficient (Wildman–Crippen LogP) is 4.35. The van der Waals surface area contributed by atoms with E-state index in [2.05, 4.69) is 42.3 Å². The summed E-state index contributed by atoms with van der Waals surface area (Å²) in [5, 5.41) is 8.63. The van der Waals surface area contributed by atoms with Gasteiger partial charge in [-0.25, -0.2) is 0 Å². The number of hydrogen-bond acceptors (Lipinski definition) is 4. The van der Waals surface area contributed by atoms with Crippen LogP contribution >= 0.6 is 11.8 Å². The molecule has 0 fully saturated rings. The first kappa shape index (κ1) is 16.2. The van der Waals surface area contributed by atoms with Crippen molar-refractivity contribution in [2.75, 3.05) is 17.6 Å². The summed E-state index contributed by atoms with van der Waals surface area (Å²) in [6, 6.07) is 12.7. The molecule has 0 spiro atoms. The summed E-state index contributed by atoms with van der Waals surface area (Å²) in [5.41, 5.74) is 7.15. The lowest BCUT2D eigenvalue weighted by Crippen LogP contribution is -2.06. The molecule has 1 aliphatic heterocycles. The van der Waals surface area contributed by atoms with Crippen molar-refractivity contribution in [1.82, 2.24) is 14.8 Å². The maximum atomic E-state index is 4.81. The van der Waals surface area contributed by atoms with Crippen LogP contribution < -0.4 is 5.32 Å². The van der Waals surface area contributed by atoms with Gasteiger partial charge in [-0.3, -0.25) is 9.67 Å². The van der Waals surface area contributed by atoms with E-state index in [9.17, 15) is 0 Å². The molecule has 128 valence electrons. The molecular weight excluding hydrogens is 328 g/mol. The number of fused-ring (bicyclic) bond motifs is 1. The van der Waals surface area contributed by atoms with E-state index in [1.165, 1.54) is 22.3 Å². The minimum atomic E-state index is 0.260. The molecule has 0 saturated heterocycles. The monoisotopic (exact) mass is 350 g/mol. The van der Waals surface area contributed by atoms with Crippen molar-refractivity contribution in [2.45, 2.75) is 19.1 Å². The van der Waals surface area contributed by atoms with Crippen LogP contribution in [0.3, 0.4) is 0 Å². The number of nitrogens with one attached hydrogen (secondary N) is 1. The molecule has 1 aliphatic rings. The van der Waals surface area contributed by atoms with Gasteiger partial charge in [0.2, 0.25) is 0 Å². The van der Waals surface area contributed by atoms with Crippen molar-refractivity contribution in [3.05, 3.63) is 64.8 Å². The summed E-state index contributed by atoms with van der Waals surface area (Å²) in [4.78, 5) is 4.55. The summed E-state index contributed by atoms with van der Waals surface area (Å²) in [7, 11) is 2.01. The van der Waals surface area contributed by atoms with Gasteiger partial charge in [0.15, 0.2) is 0 Å². The molecule has 4 nitrogen and oxygen atoms in total.